The third-order valence-electron chi connectivity index (χ3n) is 1.02. The van der Waals surface area contributed by atoms with Crippen molar-refractivity contribution in [1.29, 1.82) is 0 Å². The Morgan fingerprint density at radius 1 is 1.54 bits per heavy atom. The lowest BCUT2D eigenvalue weighted by Gasteiger charge is -2.07. The van der Waals surface area contributed by atoms with Crippen LogP contribution in [0.5, 0.6) is 0 Å². The van der Waals surface area contributed by atoms with Gasteiger partial charge >= 0.3 is 5.97 Å². The summed E-state index contributed by atoms with van der Waals surface area (Å²) in [6.07, 6.45) is 0.166. The van der Waals surface area contributed by atoms with E-state index in [-0.39, 0.29) is 0 Å². The first-order valence-corrected chi connectivity index (χ1v) is 5.10. The first-order chi connectivity index (χ1) is 5.72. The number of carbonyl (C=O) groups is 2. The van der Waals surface area contributed by atoms with Crippen LogP contribution in [0.2, 0.25) is 0 Å². The van der Waals surface area contributed by atoms with Crippen molar-refractivity contribution in [3.63, 3.8) is 0 Å². The van der Waals surface area contributed by atoms with Crippen molar-refractivity contribution in [2.45, 2.75) is 12.5 Å². The minimum Gasteiger partial charge on any atom is -0.481 e. The molecule has 0 rings (SSSR count). The van der Waals surface area contributed by atoms with E-state index in [0.29, 0.717) is 0 Å². The van der Waals surface area contributed by atoms with Gasteiger partial charge in [-0.2, -0.15) is 0 Å². The lowest BCUT2D eigenvalue weighted by Crippen LogP contribution is -2.44. The minimum absolute atomic E-state index is 0.610. The molecule has 0 spiro atoms. The van der Waals surface area contributed by atoms with E-state index in [4.69, 9.17) is 10.8 Å². The highest BCUT2D eigenvalue weighted by molar-refractivity contribution is 7.89. The Morgan fingerprint density at radius 2 is 2.00 bits per heavy atom. The summed E-state index contributed by atoms with van der Waals surface area (Å²) < 4.78 is 22.6. The Labute approximate surface area is 75.0 Å². The van der Waals surface area contributed by atoms with Gasteiger partial charge < -0.3 is 10.8 Å². The molecule has 0 heterocycles. The van der Waals surface area contributed by atoms with Crippen LogP contribution in [0.25, 0.3) is 0 Å². The fourth-order valence-corrected chi connectivity index (χ4v) is 1.06. The van der Waals surface area contributed by atoms with E-state index in [0.717, 1.165) is 6.26 Å². The summed E-state index contributed by atoms with van der Waals surface area (Å²) in [6.45, 7) is 0. The molecule has 0 fully saturated rings. The van der Waals surface area contributed by atoms with E-state index in [9.17, 15) is 18.0 Å². The van der Waals surface area contributed by atoms with Gasteiger partial charge in [-0.1, -0.05) is 0 Å². The highest BCUT2D eigenvalue weighted by atomic mass is 32.2. The van der Waals surface area contributed by atoms with Gasteiger partial charge in [0.25, 0.3) is 5.91 Å². The van der Waals surface area contributed by atoms with Crippen molar-refractivity contribution in [2.75, 3.05) is 6.26 Å². The molecular formula is C5H10N2O5S. The van der Waals surface area contributed by atoms with Crippen molar-refractivity contribution in [3.05, 3.63) is 0 Å². The van der Waals surface area contributed by atoms with Crippen molar-refractivity contribution in [1.82, 2.24) is 4.72 Å². The summed E-state index contributed by atoms with van der Waals surface area (Å²) in [5.41, 5.74) is 5.07. The minimum atomic E-state index is -3.68. The molecule has 0 aromatic carbocycles. The van der Waals surface area contributed by atoms with Gasteiger partial charge in [0.15, 0.2) is 0 Å². The van der Waals surface area contributed by atoms with Crippen LogP contribution in [0.4, 0.5) is 0 Å². The maximum atomic E-state index is 10.8. The van der Waals surface area contributed by atoms with E-state index in [2.05, 4.69) is 0 Å². The molecule has 0 radical (unpaired) electrons. The summed E-state index contributed by atoms with van der Waals surface area (Å²) in [6, 6.07) is -1.35. The summed E-state index contributed by atoms with van der Waals surface area (Å²) in [4.78, 5) is 20.9. The number of hydrogen-bond acceptors (Lipinski definition) is 5. The van der Waals surface area contributed by atoms with Crippen LogP contribution in [-0.2, 0) is 19.6 Å². The van der Waals surface area contributed by atoms with Crippen LogP contribution in [0, 0.1) is 0 Å². The Kier molecular flexibility index (Phi) is 3.82. The zero-order valence-corrected chi connectivity index (χ0v) is 7.67. The third-order valence-corrected chi connectivity index (χ3v) is 1.59. The second-order valence-corrected chi connectivity index (χ2v) is 4.19. The van der Waals surface area contributed by atoms with Gasteiger partial charge in [0.2, 0.25) is 10.0 Å². The number of sulfonamides is 1. The van der Waals surface area contributed by atoms with Gasteiger partial charge in [-0.25, -0.2) is 8.42 Å². The zero-order chi connectivity index (χ0) is 10.6. The summed E-state index contributed by atoms with van der Waals surface area (Å²) >= 11 is 0. The van der Waals surface area contributed by atoms with Crippen LogP contribution >= 0.6 is 0 Å². The van der Waals surface area contributed by atoms with Crippen LogP contribution in [-0.4, -0.2) is 37.7 Å². The molecule has 0 bridgehead atoms. The molecule has 1 atom stereocenters. The summed E-state index contributed by atoms with van der Waals surface area (Å²) in [7, 11) is -3.68. The molecule has 0 aliphatic rings. The molecule has 76 valence electrons. The number of nitrogens with one attached hydrogen (secondary N) is 1. The van der Waals surface area contributed by atoms with Crippen molar-refractivity contribution in [3.8, 4) is 0 Å². The molecular weight excluding hydrogens is 200 g/mol. The SMILES string of the molecule is CS(=O)(=O)NC(=O)C(N)CC(=O)O. The van der Waals surface area contributed by atoms with Crippen LogP contribution < -0.4 is 10.5 Å². The molecule has 1 amide bonds. The Morgan fingerprint density at radius 3 is 2.31 bits per heavy atom. The molecule has 13 heavy (non-hydrogen) atoms. The molecule has 7 nitrogen and oxygen atoms in total. The highest BCUT2D eigenvalue weighted by Crippen LogP contribution is 1.89. The number of aliphatic carboxylic acids is 1. The topological polar surface area (TPSA) is 127 Å². The van der Waals surface area contributed by atoms with Gasteiger partial charge in [-0.3, -0.25) is 14.3 Å². The molecule has 0 saturated carbocycles. The van der Waals surface area contributed by atoms with Gasteiger partial charge in [0.1, 0.15) is 0 Å². The Hall–Kier alpha value is -1.15. The summed E-state index contributed by atoms with van der Waals surface area (Å²) in [5, 5.41) is 8.22. The maximum Gasteiger partial charge on any atom is 0.305 e. The van der Waals surface area contributed by atoms with Gasteiger partial charge in [0, 0.05) is 0 Å². The molecule has 8 heteroatoms. The number of carboxylic acid groups (broad SMARTS) is 1. The second kappa shape index (κ2) is 4.19. The first kappa shape index (κ1) is 11.8. The number of amides is 1. The van der Waals surface area contributed by atoms with Gasteiger partial charge in [0.05, 0.1) is 18.7 Å². The number of rotatable bonds is 4. The normalized spacial score (nSPS) is 13.4. The molecule has 0 aliphatic heterocycles. The van der Waals surface area contributed by atoms with E-state index in [1.807, 2.05) is 0 Å². The first-order valence-electron chi connectivity index (χ1n) is 3.21. The van der Waals surface area contributed by atoms with Crippen LogP contribution in [0.1, 0.15) is 6.42 Å². The van der Waals surface area contributed by atoms with Gasteiger partial charge in [-0.05, 0) is 0 Å². The number of carboxylic acids is 1. The summed E-state index contributed by atoms with van der Waals surface area (Å²) in [5.74, 6) is -2.29. The number of hydrogen-bond donors (Lipinski definition) is 3. The zero-order valence-electron chi connectivity index (χ0n) is 6.85. The van der Waals surface area contributed by atoms with E-state index in [1.54, 1.807) is 4.72 Å². The standard InChI is InChI=1S/C5H10N2O5S/c1-13(11,12)7-5(10)3(6)2-4(8)9/h3H,2,6H2,1H3,(H,7,10)(H,8,9). The molecule has 0 aliphatic carbocycles. The average Bonchev–Trinajstić information content (AvgIpc) is 1.81. The largest absolute Gasteiger partial charge is 0.481 e. The Bertz CT molecular complexity index is 309. The molecule has 0 saturated heterocycles. The Balaban J connectivity index is 4.21. The monoisotopic (exact) mass is 210 g/mol. The smallest absolute Gasteiger partial charge is 0.305 e. The molecule has 1 unspecified atom stereocenters. The molecule has 4 N–H and O–H groups in total. The second-order valence-electron chi connectivity index (χ2n) is 2.44. The van der Waals surface area contributed by atoms with Crippen molar-refractivity contribution < 1.29 is 23.1 Å². The quantitative estimate of drug-likeness (QED) is 0.486. The van der Waals surface area contributed by atoms with Crippen LogP contribution in [0.3, 0.4) is 0 Å². The molecule has 0 aromatic rings. The van der Waals surface area contributed by atoms with E-state index in [1.165, 1.54) is 0 Å². The van der Waals surface area contributed by atoms with Gasteiger partial charge in [-0.15, -0.1) is 0 Å². The number of nitrogens with two attached hydrogens (primary N) is 1. The van der Waals surface area contributed by atoms with Crippen LogP contribution in [0.15, 0.2) is 0 Å². The van der Waals surface area contributed by atoms with Crippen molar-refractivity contribution >= 4 is 21.9 Å². The number of carbonyl (C=O) groups excluding carboxylic acids is 1. The molecule has 0 aromatic heterocycles. The third kappa shape index (κ3) is 6.05. The predicted octanol–water partition coefficient (Wildman–Crippen LogP) is -2.14. The average molecular weight is 210 g/mol. The predicted molar refractivity (Wildman–Crippen MR) is 43.2 cm³/mol. The van der Waals surface area contributed by atoms with Crippen molar-refractivity contribution in [2.24, 2.45) is 5.73 Å². The fraction of sp³-hybridized carbons (Fsp3) is 0.600. The maximum absolute atomic E-state index is 10.8. The fourth-order valence-electron chi connectivity index (χ4n) is 0.539. The lowest BCUT2D eigenvalue weighted by atomic mass is 10.2. The van der Waals surface area contributed by atoms with E-state index >= 15 is 0 Å². The van der Waals surface area contributed by atoms with E-state index < -0.39 is 34.4 Å². The highest BCUT2D eigenvalue weighted by Gasteiger charge is 2.19. The lowest BCUT2D eigenvalue weighted by molar-refractivity contribution is -0.139.